The highest BCUT2D eigenvalue weighted by Crippen LogP contribution is 2.53. The van der Waals surface area contributed by atoms with Crippen LogP contribution in [0, 0.1) is 12.8 Å². The zero-order valence-electron chi connectivity index (χ0n) is 19.1. The molecule has 2 aliphatic rings. The van der Waals surface area contributed by atoms with Crippen LogP contribution in [0.25, 0.3) is 0 Å². The molecule has 3 heterocycles. The van der Waals surface area contributed by atoms with Gasteiger partial charge < -0.3 is 5.32 Å². The first kappa shape index (κ1) is 22.3. The van der Waals surface area contributed by atoms with Crippen LogP contribution >= 0.6 is 15.9 Å². The van der Waals surface area contributed by atoms with E-state index in [9.17, 15) is 8.42 Å². The monoisotopic (exact) mass is 545 g/mol. The van der Waals surface area contributed by atoms with Gasteiger partial charge in [-0.25, -0.2) is 8.42 Å². The summed E-state index contributed by atoms with van der Waals surface area (Å²) in [6.07, 6.45) is 1.80. The Balaban J connectivity index is 1.55. The number of aromatic nitrogens is 1. The Labute approximate surface area is 214 Å². The van der Waals surface area contributed by atoms with Gasteiger partial charge in [-0.05, 0) is 58.2 Å². The molecule has 35 heavy (non-hydrogen) atoms. The first-order valence-electron chi connectivity index (χ1n) is 11.6. The lowest BCUT2D eigenvalue weighted by Crippen LogP contribution is -2.47. The molecule has 0 fully saturated rings. The minimum atomic E-state index is -3.76. The SMILES string of the molecule is Cc1ccc(S(=O)(=O)N2C[C@H]3[C@H](c4ccccc4)c4nccc(Br)c4N[C@@H]3c3ccccc32)cc1. The Kier molecular flexibility index (Phi) is 5.42. The van der Waals surface area contributed by atoms with Gasteiger partial charge in [0.2, 0.25) is 0 Å². The van der Waals surface area contributed by atoms with E-state index in [0.29, 0.717) is 11.4 Å². The molecule has 0 saturated carbocycles. The zero-order valence-corrected chi connectivity index (χ0v) is 21.5. The standard InChI is InChI=1S/C28H24BrN3O2S/c1-18-11-13-20(14-12-18)35(33,34)32-17-22-25(19-7-3-2-4-8-19)28-27(23(29)15-16-30-28)31-26(22)21-9-5-6-10-24(21)32/h2-16,22,25-26,31H,17H2,1H3/t22-,25-,26+/m0/s1. The first-order chi connectivity index (χ1) is 16.9. The van der Waals surface area contributed by atoms with Gasteiger partial charge in [0.15, 0.2) is 0 Å². The summed E-state index contributed by atoms with van der Waals surface area (Å²) >= 11 is 3.71. The quantitative estimate of drug-likeness (QED) is 0.329. The van der Waals surface area contributed by atoms with Crippen molar-refractivity contribution in [3.63, 3.8) is 0 Å². The van der Waals surface area contributed by atoms with Gasteiger partial charge in [-0.15, -0.1) is 0 Å². The smallest absolute Gasteiger partial charge is 0.264 e. The van der Waals surface area contributed by atoms with Gasteiger partial charge >= 0.3 is 0 Å². The minimum absolute atomic E-state index is 0.0539. The molecule has 176 valence electrons. The fraction of sp³-hybridized carbons (Fsp3) is 0.179. The molecule has 0 amide bonds. The fourth-order valence-corrected chi connectivity index (χ4v) is 7.37. The average Bonchev–Trinajstić information content (AvgIpc) is 2.88. The van der Waals surface area contributed by atoms with E-state index in [1.165, 1.54) is 0 Å². The summed E-state index contributed by atoms with van der Waals surface area (Å²) in [5, 5.41) is 3.71. The molecule has 3 atom stereocenters. The summed E-state index contributed by atoms with van der Waals surface area (Å²) < 4.78 is 30.5. The van der Waals surface area contributed by atoms with Crippen LogP contribution in [0.5, 0.6) is 0 Å². The number of anilines is 2. The zero-order chi connectivity index (χ0) is 24.2. The van der Waals surface area contributed by atoms with Crippen LogP contribution in [0.2, 0.25) is 0 Å². The molecule has 1 aromatic heterocycles. The molecule has 0 unspecified atom stereocenters. The van der Waals surface area contributed by atoms with E-state index in [2.05, 4.69) is 33.4 Å². The van der Waals surface area contributed by atoms with Gasteiger partial charge in [-0.1, -0.05) is 66.2 Å². The number of hydrogen-bond donors (Lipinski definition) is 1. The second kappa shape index (κ2) is 8.50. The van der Waals surface area contributed by atoms with E-state index < -0.39 is 10.0 Å². The number of hydrogen-bond acceptors (Lipinski definition) is 4. The second-order valence-corrected chi connectivity index (χ2v) is 11.9. The van der Waals surface area contributed by atoms with Gasteiger partial charge in [-0.3, -0.25) is 9.29 Å². The van der Waals surface area contributed by atoms with Crippen LogP contribution in [0.3, 0.4) is 0 Å². The Morgan fingerprint density at radius 1 is 0.943 bits per heavy atom. The van der Waals surface area contributed by atoms with Gasteiger partial charge in [0.05, 0.1) is 28.0 Å². The maximum atomic E-state index is 14.0. The third kappa shape index (κ3) is 3.65. The highest BCUT2D eigenvalue weighted by molar-refractivity contribution is 9.10. The third-order valence-electron chi connectivity index (χ3n) is 7.07. The van der Waals surface area contributed by atoms with Crippen LogP contribution in [0.15, 0.2) is 100 Å². The van der Waals surface area contributed by atoms with Crippen molar-refractivity contribution in [3.05, 3.63) is 118 Å². The van der Waals surface area contributed by atoms with Gasteiger partial charge in [0.25, 0.3) is 10.0 Å². The number of pyridine rings is 1. The summed E-state index contributed by atoms with van der Waals surface area (Å²) in [6.45, 7) is 2.30. The van der Waals surface area contributed by atoms with E-state index in [1.807, 2.05) is 67.6 Å². The van der Waals surface area contributed by atoms with E-state index in [-0.39, 0.29) is 17.9 Å². The highest BCUT2D eigenvalue weighted by Gasteiger charge is 2.47. The Bertz CT molecular complexity index is 1510. The third-order valence-corrected chi connectivity index (χ3v) is 9.52. The highest BCUT2D eigenvalue weighted by atomic mass is 79.9. The molecule has 4 aromatic rings. The number of rotatable bonds is 3. The van der Waals surface area contributed by atoms with Crippen molar-refractivity contribution in [1.82, 2.24) is 4.98 Å². The molecule has 0 saturated heterocycles. The van der Waals surface area contributed by atoms with Crippen molar-refractivity contribution in [2.24, 2.45) is 5.92 Å². The van der Waals surface area contributed by atoms with Crippen LogP contribution in [0.4, 0.5) is 11.4 Å². The lowest BCUT2D eigenvalue weighted by Gasteiger charge is -2.47. The summed E-state index contributed by atoms with van der Waals surface area (Å²) in [5.41, 5.74) is 5.74. The predicted octanol–water partition coefficient (Wildman–Crippen LogP) is 6.28. The fourth-order valence-electron chi connectivity index (χ4n) is 5.41. The summed E-state index contributed by atoms with van der Waals surface area (Å²) in [6, 6.07) is 27.1. The van der Waals surface area contributed by atoms with E-state index in [0.717, 1.165) is 38.2 Å². The van der Waals surface area contributed by atoms with Gasteiger partial charge in [0.1, 0.15) is 0 Å². The lowest BCUT2D eigenvalue weighted by molar-refractivity contribution is 0.382. The average molecular weight is 546 g/mol. The Morgan fingerprint density at radius 3 is 2.43 bits per heavy atom. The van der Waals surface area contributed by atoms with Crippen LogP contribution in [0.1, 0.15) is 34.3 Å². The molecule has 2 aliphatic heterocycles. The molecule has 0 aliphatic carbocycles. The summed E-state index contributed by atoms with van der Waals surface area (Å²) in [7, 11) is -3.76. The van der Waals surface area contributed by atoms with Gasteiger partial charge in [-0.2, -0.15) is 0 Å². The number of nitrogens with zero attached hydrogens (tertiary/aromatic N) is 2. The second-order valence-electron chi connectivity index (χ2n) is 9.14. The van der Waals surface area contributed by atoms with Crippen LogP contribution in [-0.4, -0.2) is 19.9 Å². The predicted molar refractivity (Wildman–Crippen MR) is 142 cm³/mol. The van der Waals surface area contributed by atoms with E-state index >= 15 is 0 Å². The lowest BCUT2D eigenvalue weighted by atomic mass is 9.72. The topological polar surface area (TPSA) is 62.3 Å². The van der Waals surface area contributed by atoms with Crippen molar-refractivity contribution in [3.8, 4) is 0 Å². The van der Waals surface area contributed by atoms with Crippen molar-refractivity contribution >= 4 is 37.3 Å². The van der Waals surface area contributed by atoms with Crippen molar-refractivity contribution in [2.75, 3.05) is 16.2 Å². The first-order valence-corrected chi connectivity index (χ1v) is 13.8. The van der Waals surface area contributed by atoms with E-state index in [4.69, 9.17) is 4.98 Å². The van der Waals surface area contributed by atoms with Crippen LogP contribution in [-0.2, 0) is 10.0 Å². The number of sulfonamides is 1. The van der Waals surface area contributed by atoms with Crippen molar-refractivity contribution < 1.29 is 8.42 Å². The van der Waals surface area contributed by atoms with Crippen molar-refractivity contribution in [1.29, 1.82) is 0 Å². The normalized spacial score (nSPS) is 20.9. The van der Waals surface area contributed by atoms with E-state index in [1.54, 1.807) is 22.6 Å². The molecule has 6 rings (SSSR count). The number of halogens is 1. The van der Waals surface area contributed by atoms with Gasteiger partial charge in [0, 0.05) is 29.1 Å². The van der Waals surface area contributed by atoms with Crippen molar-refractivity contribution in [2.45, 2.75) is 23.8 Å². The number of para-hydroxylation sites is 1. The number of aryl methyl sites for hydroxylation is 1. The molecular weight excluding hydrogens is 522 g/mol. The minimum Gasteiger partial charge on any atom is -0.375 e. The summed E-state index contributed by atoms with van der Waals surface area (Å²) in [4.78, 5) is 5.08. The Hall–Kier alpha value is -3.16. The Morgan fingerprint density at radius 2 is 1.66 bits per heavy atom. The number of nitrogens with one attached hydrogen (secondary N) is 1. The molecule has 0 radical (unpaired) electrons. The number of fused-ring (bicyclic) bond motifs is 4. The molecule has 1 N–H and O–H groups in total. The molecule has 0 spiro atoms. The maximum Gasteiger partial charge on any atom is 0.264 e. The molecule has 7 heteroatoms. The summed E-state index contributed by atoms with van der Waals surface area (Å²) in [5.74, 6) is -0.124. The van der Waals surface area contributed by atoms with Crippen LogP contribution < -0.4 is 9.62 Å². The largest absolute Gasteiger partial charge is 0.375 e. The number of benzene rings is 3. The maximum absolute atomic E-state index is 14.0. The molecule has 0 bridgehead atoms. The molecule has 3 aromatic carbocycles. The molecular formula is C28H24BrN3O2S. The molecule has 5 nitrogen and oxygen atoms in total.